The zero-order chi connectivity index (χ0) is 7.40. The van der Waals surface area contributed by atoms with Crippen LogP contribution in [0, 0.1) is 0 Å². The van der Waals surface area contributed by atoms with Gasteiger partial charge in [-0.3, -0.25) is 0 Å². The summed E-state index contributed by atoms with van der Waals surface area (Å²) in [5, 5.41) is 11.4. The van der Waals surface area contributed by atoms with Gasteiger partial charge in [-0.25, -0.2) is 0 Å². The Morgan fingerprint density at radius 2 is 2.40 bits per heavy atom. The largest absolute Gasteiger partial charge is 0.239 e. The molecule has 0 unspecified atom stereocenters. The van der Waals surface area contributed by atoms with E-state index in [1.165, 1.54) is 0 Å². The van der Waals surface area contributed by atoms with E-state index in [1.807, 2.05) is 0 Å². The molecule has 1 rings (SSSR count). The van der Waals surface area contributed by atoms with Gasteiger partial charge in [-0.05, 0) is 27.6 Å². The van der Waals surface area contributed by atoms with Gasteiger partial charge in [0.05, 0.1) is 6.54 Å². The molecule has 0 radical (unpaired) electrons. The van der Waals surface area contributed by atoms with E-state index in [9.17, 15) is 0 Å². The Morgan fingerprint density at radius 1 is 1.60 bits per heavy atom. The summed E-state index contributed by atoms with van der Waals surface area (Å²) in [5.74, 6) is 0. The first-order valence-corrected chi connectivity index (χ1v) is 4.05. The first kappa shape index (κ1) is 7.65. The maximum Gasteiger partial charge on any atom is 0.239 e. The predicted octanol–water partition coefficient (Wildman–Crippen LogP) is 1.24. The summed E-state index contributed by atoms with van der Waals surface area (Å²) >= 11 is 3.12. The highest BCUT2D eigenvalue weighted by Crippen LogP contribution is 1.97. The minimum Gasteiger partial charge on any atom is -0.163 e. The minimum absolute atomic E-state index is 0.559. The molecule has 4 nitrogen and oxygen atoms in total. The van der Waals surface area contributed by atoms with Crippen LogP contribution in [-0.2, 0) is 6.54 Å². The van der Waals surface area contributed by atoms with Gasteiger partial charge in [-0.15, -0.1) is 10.2 Å². The lowest BCUT2D eigenvalue weighted by atomic mass is 10.3. The van der Waals surface area contributed by atoms with Crippen molar-refractivity contribution in [2.75, 3.05) is 0 Å². The lowest BCUT2D eigenvalue weighted by Gasteiger charge is -1.92. The van der Waals surface area contributed by atoms with Crippen LogP contribution in [0.2, 0.25) is 0 Å². The van der Waals surface area contributed by atoms with Crippen LogP contribution in [0.4, 0.5) is 0 Å². The van der Waals surface area contributed by atoms with Gasteiger partial charge < -0.3 is 0 Å². The molecular weight excluding hydrogens is 196 g/mol. The van der Waals surface area contributed by atoms with E-state index in [4.69, 9.17) is 0 Å². The maximum absolute atomic E-state index is 3.96. The molecule has 0 bridgehead atoms. The van der Waals surface area contributed by atoms with E-state index in [0.29, 0.717) is 4.73 Å². The van der Waals surface area contributed by atoms with Crippen molar-refractivity contribution in [1.82, 2.24) is 20.2 Å². The second-order valence-corrected chi connectivity index (χ2v) is 2.72. The van der Waals surface area contributed by atoms with Crippen molar-refractivity contribution in [3.63, 3.8) is 0 Å². The number of hydrogen-bond acceptors (Lipinski definition) is 3. The number of hydrogen-bond donors (Lipinski definition) is 0. The summed E-state index contributed by atoms with van der Waals surface area (Å²) in [4.78, 5) is 1.59. The first-order valence-electron chi connectivity index (χ1n) is 3.26. The van der Waals surface area contributed by atoms with Crippen LogP contribution in [0.5, 0.6) is 0 Å². The van der Waals surface area contributed by atoms with Gasteiger partial charge >= 0.3 is 0 Å². The highest BCUT2D eigenvalue weighted by atomic mass is 79.9. The first-order chi connectivity index (χ1) is 4.83. The smallest absolute Gasteiger partial charge is 0.163 e. The number of nitrogens with zero attached hydrogens (tertiary/aromatic N) is 4. The maximum atomic E-state index is 3.96. The van der Waals surface area contributed by atoms with E-state index in [-0.39, 0.29) is 0 Å². The Balaban J connectivity index is 2.42. The van der Waals surface area contributed by atoms with Gasteiger partial charge in [-0.1, -0.05) is 13.3 Å². The Bertz CT molecular complexity index is 197. The Labute approximate surface area is 67.7 Å². The quantitative estimate of drug-likeness (QED) is 0.745. The van der Waals surface area contributed by atoms with Crippen LogP contribution in [0.1, 0.15) is 19.8 Å². The Kier molecular flexibility index (Phi) is 2.80. The van der Waals surface area contributed by atoms with Crippen molar-refractivity contribution >= 4 is 15.9 Å². The molecule has 0 amide bonds. The molecule has 0 saturated heterocycles. The zero-order valence-electron chi connectivity index (χ0n) is 5.79. The monoisotopic (exact) mass is 204 g/mol. The van der Waals surface area contributed by atoms with E-state index < -0.39 is 0 Å². The molecule has 5 heteroatoms. The lowest BCUT2D eigenvalue weighted by Crippen LogP contribution is -2.01. The number of aromatic nitrogens is 4. The third kappa shape index (κ3) is 2.06. The summed E-state index contributed by atoms with van der Waals surface area (Å²) in [6, 6.07) is 0. The fourth-order valence-electron chi connectivity index (χ4n) is 0.618. The van der Waals surface area contributed by atoms with Crippen LogP contribution in [0.15, 0.2) is 4.73 Å². The predicted molar refractivity (Wildman–Crippen MR) is 40.4 cm³/mol. The standard InChI is InChI=1S/C5H9BrN4/c1-2-3-4-10-8-5(6)7-9-10/h2-4H2,1H3. The second-order valence-electron chi connectivity index (χ2n) is 2.01. The third-order valence-electron chi connectivity index (χ3n) is 1.14. The van der Waals surface area contributed by atoms with Crippen molar-refractivity contribution in [1.29, 1.82) is 0 Å². The van der Waals surface area contributed by atoms with Gasteiger partial charge in [0, 0.05) is 0 Å². The average molecular weight is 205 g/mol. The fraction of sp³-hybridized carbons (Fsp3) is 0.800. The minimum atomic E-state index is 0.559. The van der Waals surface area contributed by atoms with Crippen molar-refractivity contribution in [2.45, 2.75) is 26.3 Å². The normalized spacial score (nSPS) is 10.2. The Morgan fingerprint density at radius 3 is 2.90 bits per heavy atom. The molecule has 1 aromatic heterocycles. The van der Waals surface area contributed by atoms with Gasteiger partial charge in [0.15, 0.2) is 0 Å². The molecule has 0 atom stereocenters. The molecule has 56 valence electrons. The van der Waals surface area contributed by atoms with Crippen LogP contribution in [0.25, 0.3) is 0 Å². The number of unbranched alkanes of at least 4 members (excludes halogenated alkanes) is 1. The van der Waals surface area contributed by atoms with Crippen LogP contribution in [0.3, 0.4) is 0 Å². The van der Waals surface area contributed by atoms with Gasteiger partial charge in [-0.2, -0.15) is 4.80 Å². The summed E-state index contributed by atoms with van der Waals surface area (Å²) in [5.41, 5.74) is 0. The van der Waals surface area contributed by atoms with Crippen molar-refractivity contribution < 1.29 is 0 Å². The molecule has 0 aliphatic carbocycles. The zero-order valence-corrected chi connectivity index (χ0v) is 7.37. The summed E-state index contributed by atoms with van der Waals surface area (Å²) in [6.07, 6.45) is 2.25. The number of tetrazole rings is 1. The van der Waals surface area contributed by atoms with Gasteiger partial charge in [0.1, 0.15) is 0 Å². The lowest BCUT2D eigenvalue weighted by molar-refractivity contribution is 0.495. The van der Waals surface area contributed by atoms with Crippen LogP contribution < -0.4 is 0 Å². The topological polar surface area (TPSA) is 43.6 Å². The summed E-state index contributed by atoms with van der Waals surface area (Å²) < 4.78 is 0.559. The van der Waals surface area contributed by atoms with E-state index >= 15 is 0 Å². The fourth-order valence-corrected chi connectivity index (χ4v) is 0.872. The molecule has 1 heterocycles. The molecule has 0 N–H and O–H groups in total. The van der Waals surface area contributed by atoms with Gasteiger partial charge in [0.25, 0.3) is 0 Å². The summed E-state index contributed by atoms with van der Waals surface area (Å²) in [7, 11) is 0. The highest BCUT2D eigenvalue weighted by molar-refractivity contribution is 9.10. The third-order valence-corrected chi connectivity index (χ3v) is 1.46. The molecule has 0 aliphatic rings. The number of rotatable bonds is 3. The van der Waals surface area contributed by atoms with Crippen molar-refractivity contribution in [3.05, 3.63) is 4.73 Å². The van der Waals surface area contributed by atoms with Crippen molar-refractivity contribution in [3.8, 4) is 0 Å². The summed E-state index contributed by atoms with van der Waals surface area (Å²) in [6.45, 7) is 2.99. The van der Waals surface area contributed by atoms with Crippen molar-refractivity contribution in [2.24, 2.45) is 0 Å². The van der Waals surface area contributed by atoms with E-state index in [0.717, 1.165) is 19.4 Å². The molecule has 0 saturated carbocycles. The molecule has 0 fully saturated rings. The van der Waals surface area contributed by atoms with Crippen LogP contribution >= 0.6 is 15.9 Å². The van der Waals surface area contributed by atoms with Gasteiger partial charge in [0.2, 0.25) is 4.73 Å². The molecule has 10 heavy (non-hydrogen) atoms. The number of halogens is 1. The number of aryl methyl sites for hydroxylation is 1. The molecule has 0 spiro atoms. The SMILES string of the molecule is CCCCn1nnc(Br)n1. The molecule has 1 aromatic rings. The highest BCUT2D eigenvalue weighted by Gasteiger charge is 1.95. The molecule has 0 aliphatic heterocycles. The second kappa shape index (κ2) is 3.65. The Hall–Kier alpha value is -0.450. The molecule has 0 aromatic carbocycles. The average Bonchev–Trinajstić information content (AvgIpc) is 2.31. The molecular formula is C5H9BrN4. The van der Waals surface area contributed by atoms with E-state index in [1.54, 1.807) is 4.80 Å². The van der Waals surface area contributed by atoms with Crippen LogP contribution in [-0.4, -0.2) is 20.2 Å². The van der Waals surface area contributed by atoms with E-state index in [2.05, 4.69) is 38.3 Å².